The molecule has 1 amide bonds. The second kappa shape index (κ2) is 6.41. The number of ether oxygens (including phenoxy) is 2. The highest BCUT2D eigenvalue weighted by Gasteiger charge is 2.35. The summed E-state index contributed by atoms with van der Waals surface area (Å²) in [6, 6.07) is 11.6. The molecule has 134 valence electrons. The predicted molar refractivity (Wildman–Crippen MR) is 101 cm³/mol. The molecule has 26 heavy (non-hydrogen) atoms. The highest BCUT2D eigenvalue weighted by Crippen LogP contribution is 2.41. The molecular formula is C21H22N2O3. The first-order valence-electron chi connectivity index (χ1n) is 8.77. The fraction of sp³-hybridized carbons (Fsp3) is 0.286. The number of nitrogens with one attached hydrogen (secondary N) is 1. The minimum atomic E-state index is -0.352. The topological polar surface area (TPSA) is 50.8 Å². The van der Waals surface area contributed by atoms with Gasteiger partial charge in [-0.1, -0.05) is 18.2 Å². The van der Waals surface area contributed by atoms with Gasteiger partial charge in [-0.15, -0.1) is 6.58 Å². The summed E-state index contributed by atoms with van der Waals surface area (Å²) in [6.07, 6.45) is 2.40. The van der Waals surface area contributed by atoms with Crippen molar-refractivity contribution in [2.24, 2.45) is 0 Å². The molecule has 2 heterocycles. The summed E-state index contributed by atoms with van der Waals surface area (Å²) in [7, 11) is 1.65. The van der Waals surface area contributed by atoms with Gasteiger partial charge in [0.05, 0.1) is 12.7 Å². The minimum Gasteiger partial charge on any atom is -0.496 e. The summed E-state index contributed by atoms with van der Waals surface area (Å²) in [5, 5.41) is 3.48. The van der Waals surface area contributed by atoms with Crippen LogP contribution in [0, 0.1) is 0 Å². The fourth-order valence-electron chi connectivity index (χ4n) is 3.71. The van der Waals surface area contributed by atoms with Crippen molar-refractivity contribution < 1.29 is 14.3 Å². The Bertz CT molecular complexity index is 878. The molecule has 2 unspecified atom stereocenters. The molecule has 2 aromatic carbocycles. The molecule has 2 aromatic rings. The number of carbonyl (C=O) groups is 1. The van der Waals surface area contributed by atoms with Crippen molar-refractivity contribution in [2.75, 3.05) is 19.0 Å². The van der Waals surface area contributed by atoms with Crippen LogP contribution in [0.5, 0.6) is 11.5 Å². The number of anilines is 1. The quantitative estimate of drug-likeness (QED) is 0.853. The third kappa shape index (κ3) is 2.60. The van der Waals surface area contributed by atoms with E-state index in [1.165, 1.54) is 0 Å². The highest BCUT2D eigenvalue weighted by molar-refractivity contribution is 6.01. The SMILES string of the molecule is C=CCN1C(=O)c2ccccc2NC1c1cc2c(cc1OC)CC(C)O2. The molecule has 2 aliphatic heterocycles. The van der Waals surface area contributed by atoms with Crippen molar-refractivity contribution in [2.45, 2.75) is 25.6 Å². The molecular weight excluding hydrogens is 328 g/mol. The summed E-state index contributed by atoms with van der Waals surface area (Å²) in [5.74, 6) is 1.58. The van der Waals surface area contributed by atoms with Gasteiger partial charge in [-0.3, -0.25) is 4.79 Å². The highest BCUT2D eigenvalue weighted by atomic mass is 16.5. The van der Waals surface area contributed by atoms with Gasteiger partial charge in [-0.2, -0.15) is 0 Å². The Morgan fingerprint density at radius 1 is 1.38 bits per heavy atom. The zero-order chi connectivity index (χ0) is 18.3. The second-order valence-corrected chi connectivity index (χ2v) is 6.67. The van der Waals surface area contributed by atoms with Crippen molar-refractivity contribution >= 4 is 11.6 Å². The van der Waals surface area contributed by atoms with Gasteiger partial charge in [-0.05, 0) is 31.2 Å². The molecule has 0 aromatic heterocycles. The maximum absolute atomic E-state index is 13.0. The van der Waals surface area contributed by atoms with Crippen LogP contribution >= 0.6 is 0 Å². The number of nitrogens with zero attached hydrogens (tertiary/aromatic N) is 1. The Labute approximate surface area is 153 Å². The lowest BCUT2D eigenvalue weighted by Crippen LogP contribution is -2.43. The number of benzene rings is 2. The van der Waals surface area contributed by atoms with E-state index in [-0.39, 0.29) is 18.2 Å². The van der Waals surface area contributed by atoms with E-state index in [4.69, 9.17) is 9.47 Å². The van der Waals surface area contributed by atoms with Crippen molar-refractivity contribution in [1.82, 2.24) is 4.90 Å². The third-order valence-electron chi connectivity index (χ3n) is 4.89. The molecule has 5 nitrogen and oxygen atoms in total. The smallest absolute Gasteiger partial charge is 0.258 e. The number of para-hydroxylation sites is 1. The zero-order valence-electron chi connectivity index (χ0n) is 15.0. The Balaban J connectivity index is 1.82. The summed E-state index contributed by atoms with van der Waals surface area (Å²) in [4.78, 5) is 14.8. The second-order valence-electron chi connectivity index (χ2n) is 6.67. The number of fused-ring (bicyclic) bond motifs is 2. The van der Waals surface area contributed by atoms with E-state index < -0.39 is 0 Å². The Hall–Kier alpha value is -2.95. The van der Waals surface area contributed by atoms with E-state index >= 15 is 0 Å². The van der Waals surface area contributed by atoms with Gasteiger partial charge in [-0.25, -0.2) is 0 Å². The lowest BCUT2D eigenvalue weighted by Gasteiger charge is -2.38. The van der Waals surface area contributed by atoms with E-state index in [0.29, 0.717) is 12.1 Å². The zero-order valence-corrected chi connectivity index (χ0v) is 15.0. The number of hydrogen-bond donors (Lipinski definition) is 1. The number of hydrogen-bond acceptors (Lipinski definition) is 4. The molecule has 2 aliphatic rings. The van der Waals surface area contributed by atoms with E-state index in [1.54, 1.807) is 18.1 Å². The van der Waals surface area contributed by atoms with Crippen molar-refractivity contribution in [3.8, 4) is 11.5 Å². The van der Waals surface area contributed by atoms with Crippen LogP contribution in [0.25, 0.3) is 0 Å². The van der Waals surface area contributed by atoms with Gasteiger partial charge < -0.3 is 19.7 Å². The van der Waals surface area contributed by atoms with Gasteiger partial charge in [0.2, 0.25) is 0 Å². The maximum atomic E-state index is 13.0. The predicted octanol–water partition coefficient (Wildman–Crippen LogP) is 3.77. The lowest BCUT2D eigenvalue weighted by molar-refractivity contribution is 0.0705. The van der Waals surface area contributed by atoms with Crippen LogP contribution in [0.3, 0.4) is 0 Å². The number of rotatable bonds is 4. The van der Waals surface area contributed by atoms with Gasteiger partial charge in [0.25, 0.3) is 5.91 Å². The number of methoxy groups -OCH3 is 1. The summed E-state index contributed by atoms with van der Waals surface area (Å²) >= 11 is 0. The van der Waals surface area contributed by atoms with Crippen LogP contribution in [-0.2, 0) is 6.42 Å². The van der Waals surface area contributed by atoms with Crippen LogP contribution in [0.2, 0.25) is 0 Å². The standard InChI is InChI=1S/C21H22N2O3/c1-4-9-23-20(22-17-8-6-5-7-15(17)21(23)24)16-12-18-14(10-13(2)26-18)11-19(16)25-3/h4-8,11-13,20,22H,1,9-10H2,2-3H3. The molecule has 0 fully saturated rings. The van der Waals surface area contributed by atoms with Crippen molar-refractivity contribution in [3.05, 3.63) is 65.7 Å². The minimum absolute atomic E-state index is 0.0268. The Morgan fingerprint density at radius 3 is 2.96 bits per heavy atom. The first-order valence-corrected chi connectivity index (χ1v) is 8.77. The van der Waals surface area contributed by atoms with Crippen molar-refractivity contribution in [3.63, 3.8) is 0 Å². The molecule has 0 saturated carbocycles. The molecule has 5 heteroatoms. The first-order chi connectivity index (χ1) is 12.6. The largest absolute Gasteiger partial charge is 0.496 e. The summed E-state index contributed by atoms with van der Waals surface area (Å²) < 4.78 is 11.6. The number of carbonyl (C=O) groups excluding carboxylic acids is 1. The molecule has 0 saturated heterocycles. The van der Waals surface area contributed by atoms with E-state index in [0.717, 1.165) is 34.7 Å². The van der Waals surface area contributed by atoms with Crippen LogP contribution in [-0.4, -0.2) is 30.6 Å². The summed E-state index contributed by atoms with van der Waals surface area (Å²) in [5.41, 5.74) is 3.50. The van der Waals surface area contributed by atoms with E-state index in [2.05, 4.69) is 18.8 Å². The third-order valence-corrected chi connectivity index (χ3v) is 4.89. The first kappa shape index (κ1) is 16.5. The van der Waals surface area contributed by atoms with Crippen LogP contribution in [0.15, 0.2) is 49.1 Å². The molecule has 0 aliphatic carbocycles. The van der Waals surface area contributed by atoms with Crippen molar-refractivity contribution in [1.29, 1.82) is 0 Å². The van der Waals surface area contributed by atoms with Gasteiger partial charge in [0.1, 0.15) is 23.8 Å². The Morgan fingerprint density at radius 2 is 2.19 bits per heavy atom. The Kier molecular flexibility index (Phi) is 4.07. The fourth-order valence-corrected chi connectivity index (χ4v) is 3.71. The lowest BCUT2D eigenvalue weighted by atomic mass is 10.00. The number of amides is 1. The van der Waals surface area contributed by atoms with Crippen LogP contribution < -0.4 is 14.8 Å². The van der Waals surface area contributed by atoms with Gasteiger partial charge >= 0.3 is 0 Å². The summed E-state index contributed by atoms with van der Waals surface area (Å²) in [6.45, 7) is 6.29. The molecule has 1 N–H and O–H groups in total. The van der Waals surface area contributed by atoms with Crippen LogP contribution in [0.4, 0.5) is 5.69 Å². The molecule has 0 bridgehead atoms. The van der Waals surface area contributed by atoms with E-state index in [9.17, 15) is 4.79 Å². The normalized spacial score (nSPS) is 20.7. The molecule has 2 atom stereocenters. The average Bonchev–Trinajstić information content (AvgIpc) is 3.01. The monoisotopic (exact) mass is 350 g/mol. The molecule has 0 spiro atoms. The van der Waals surface area contributed by atoms with E-state index in [1.807, 2.05) is 36.4 Å². The average molecular weight is 350 g/mol. The molecule has 4 rings (SSSR count). The molecule has 0 radical (unpaired) electrons. The van der Waals surface area contributed by atoms with Gasteiger partial charge in [0.15, 0.2) is 0 Å². The van der Waals surface area contributed by atoms with Crippen LogP contribution in [0.1, 0.15) is 34.6 Å². The maximum Gasteiger partial charge on any atom is 0.258 e. The van der Waals surface area contributed by atoms with Gasteiger partial charge in [0, 0.05) is 29.8 Å².